The number of carbonyl (C=O) groups excluding carboxylic acids is 1. The first kappa shape index (κ1) is 16.6. The summed E-state index contributed by atoms with van der Waals surface area (Å²) in [5, 5.41) is 0. The number of carbonyl (C=O) groups is 1. The molecule has 0 unspecified atom stereocenters. The zero-order chi connectivity index (χ0) is 16.1. The summed E-state index contributed by atoms with van der Waals surface area (Å²) in [6.07, 6.45) is 0.792. The average Bonchev–Trinajstić information content (AvgIpc) is 2.50. The molecule has 3 nitrogen and oxygen atoms in total. The van der Waals surface area contributed by atoms with Crippen LogP contribution in [0.25, 0.3) is 0 Å². The third kappa shape index (κ3) is 3.89. The second-order valence-electron chi connectivity index (χ2n) is 5.09. The highest BCUT2D eigenvalue weighted by Crippen LogP contribution is 2.37. The monoisotopic (exact) mass is 362 g/mol. The van der Waals surface area contributed by atoms with Gasteiger partial charge in [-0.05, 0) is 65.5 Å². The van der Waals surface area contributed by atoms with Gasteiger partial charge >= 0.3 is 0 Å². The van der Waals surface area contributed by atoms with Gasteiger partial charge in [0.15, 0.2) is 11.5 Å². The molecule has 0 aliphatic rings. The zero-order valence-corrected chi connectivity index (χ0v) is 14.6. The maximum Gasteiger partial charge on any atom is 0.175 e. The molecule has 22 heavy (non-hydrogen) atoms. The highest BCUT2D eigenvalue weighted by molar-refractivity contribution is 9.10. The molecule has 0 aliphatic heterocycles. The summed E-state index contributed by atoms with van der Waals surface area (Å²) in [7, 11) is 0. The van der Waals surface area contributed by atoms with Crippen molar-refractivity contribution in [3.63, 3.8) is 0 Å². The van der Waals surface area contributed by atoms with Gasteiger partial charge in [0.25, 0.3) is 0 Å². The summed E-state index contributed by atoms with van der Waals surface area (Å²) in [5.41, 5.74) is 4.14. The van der Waals surface area contributed by atoms with Crippen molar-refractivity contribution in [1.82, 2.24) is 0 Å². The lowest BCUT2D eigenvalue weighted by Gasteiger charge is -2.15. The zero-order valence-electron chi connectivity index (χ0n) is 13.0. The maximum absolute atomic E-state index is 11.0. The minimum atomic E-state index is 0.445. The average molecular weight is 363 g/mol. The molecule has 0 N–H and O–H groups in total. The number of hydrogen-bond donors (Lipinski definition) is 0. The molecule has 0 atom stereocenters. The Hall–Kier alpha value is -1.81. The van der Waals surface area contributed by atoms with E-state index >= 15 is 0 Å². The quantitative estimate of drug-likeness (QED) is 0.688. The first-order valence-corrected chi connectivity index (χ1v) is 7.95. The largest absolute Gasteiger partial charge is 0.490 e. The second-order valence-corrected chi connectivity index (χ2v) is 5.94. The van der Waals surface area contributed by atoms with Crippen molar-refractivity contribution >= 4 is 22.2 Å². The Balaban J connectivity index is 2.24. The van der Waals surface area contributed by atoms with E-state index in [0.29, 0.717) is 34.7 Å². The Morgan fingerprint density at radius 3 is 2.50 bits per heavy atom. The van der Waals surface area contributed by atoms with E-state index in [9.17, 15) is 4.79 Å². The molecule has 0 heterocycles. The van der Waals surface area contributed by atoms with Crippen molar-refractivity contribution in [3.8, 4) is 11.5 Å². The Kier molecular flexibility index (Phi) is 5.61. The summed E-state index contributed by atoms with van der Waals surface area (Å²) < 4.78 is 12.2. The summed E-state index contributed by atoms with van der Waals surface area (Å²) in [6, 6.07) is 9.67. The van der Waals surface area contributed by atoms with E-state index in [1.54, 1.807) is 12.1 Å². The van der Waals surface area contributed by atoms with Crippen LogP contribution in [0, 0.1) is 13.8 Å². The van der Waals surface area contributed by atoms with Gasteiger partial charge in [-0.15, -0.1) is 0 Å². The van der Waals surface area contributed by atoms with Crippen LogP contribution in [0.4, 0.5) is 0 Å². The smallest absolute Gasteiger partial charge is 0.175 e. The van der Waals surface area contributed by atoms with Crippen LogP contribution >= 0.6 is 15.9 Å². The van der Waals surface area contributed by atoms with Crippen LogP contribution in [-0.2, 0) is 6.61 Å². The number of benzene rings is 2. The van der Waals surface area contributed by atoms with E-state index in [2.05, 4.69) is 48.0 Å². The first-order valence-electron chi connectivity index (χ1n) is 7.15. The summed E-state index contributed by atoms with van der Waals surface area (Å²) in [4.78, 5) is 11.0. The van der Waals surface area contributed by atoms with Crippen molar-refractivity contribution in [1.29, 1.82) is 0 Å². The molecule has 2 aromatic carbocycles. The molecule has 0 fully saturated rings. The highest BCUT2D eigenvalue weighted by Gasteiger charge is 2.12. The number of halogens is 1. The van der Waals surface area contributed by atoms with Crippen molar-refractivity contribution in [2.24, 2.45) is 0 Å². The lowest BCUT2D eigenvalue weighted by atomic mass is 10.1. The number of ether oxygens (including phenoxy) is 2. The van der Waals surface area contributed by atoms with Crippen LogP contribution in [0.5, 0.6) is 11.5 Å². The van der Waals surface area contributed by atoms with Gasteiger partial charge in [0.1, 0.15) is 12.9 Å². The predicted molar refractivity (Wildman–Crippen MR) is 90.9 cm³/mol. The van der Waals surface area contributed by atoms with E-state index < -0.39 is 0 Å². The minimum absolute atomic E-state index is 0.445. The number of aryl methyl sites for hydroxylation is 2. The molecule has 0 saturated carbocycles. The standard InChI is InChI=1S/C18H19BrO3/c1-4-21-17-9-15(10-20)8-16(19)18(17)22-11-14-6-5-12(2)13(3)7-14/h5-10H,4,11H2,1-3H3. The van der Waals surface area contributed by atoms with Crippen LogP contribution in [-0.4, -0.2) is 12.9 Å². The summed E-state index contributed by atoms with van der Waals surface area (Å²) >= 11 is 3.44. The van der Waals surface area contributed by atoms with Gasteiger partial charge in [-0.25, -0.2) is 0 Å². The summed E-state index contributed by atoms with van der Waals surface area (Å²) in [5.74, 6) is 1.19. The SMILES string of the molecule is CCOc1cc(C=O)cc(Br)c1OCc1ccc(C)c(C)c1. The van der Waals surface area contributed by atoms with Crippen LogP contribution in [0.15, 0.2) is 34.8 Å². The fourth-order valence-corrected chi connectivity index (χ4v) is 2.68. The van der Waals surface area contributed by atoms with Gasteiger partial charge in [0.05, 0.1) is 11.1 Å². The van der Waals surface area contributed by atoms with Crippen LogP contribution in [0.1, 0.15) is 34.0 Å². The van der Waals surface area contributed by atoms with E-state index in [4.69, 9.17) is 9.47 Å². The molecular formula is C18H19BrO3. The predicted octanol–water partition coefficient (Wildman–Crippen LogP) is 4.86. The molecule has 2 rings (SSSR count). The topological polar surface area (TPSA) is 35.5 Å². The van der Waals surface area contributed by atoms with Gasteiger partial charge < -0.3 is 9.47 Å². The molecular weight excluding hydrogens is 344 g/mol. The van der Waals surface area contributed by atoms with Crippen molar-refractivity contribution in [2.45, 2.75) is 27.4 Å². The highest BCUT2D eigenvalue weighted by atomic mass is 79.9. The molecule has 0 spiro atoms. The number of aldehydes is 1. The second kappa shape index (κ2) is 7.45. The lowest BCUT2D eigenvalue weighted by molar-refractivity contribution is 0.112. The lowest BCUT2D eigenvalue weighted by Crippen LogP contribution is -2.02. The van der Waals surface area contributed by atoms with Gasteiger partial charge in [-0.1, -0.05) is 18.2 Å². The number of hydrogen-bond acceptors (Lipinski definition) is 3. The Labute approximate surface area is 139 Å². The maximum atomic E-state index is 11.0. The molecule has 0 bridgehead atoms. The van der Waals surface area contributed by atoms with Gasteiger partial charge in [0, 0.05) is 5.56 Å². The third-order valence-corrected chi connectivity index (χ3v) is 4.01. The molecule has 0 aromatic heterocycles. The van der Waals surface area contributed by atoms with E-state index in [1.807, 2.05) is 6.92 Å². The summed E-state index contributed by atoms with van der Waals surface area (Å²) in [6.45, 7) is 7.02. The normalized spacial score (nSPS) is 10.4. The van der Waals surface area contributed by atoms with Crippen LogP contribution in [0.2, 0.25) is 0 Å². The van der Waals surface area contributed by atoms with Crippen LogP contribution in [0.3, 0.4) is 0 Å². The fraction of sp³-hybridized carbons (Fsp3) is 0.278. The van der Waals surface area contributed by atoms with E-state index in [1.165, 1.54) is 11.1 Å². The van der Waals surface area contributed by atoms with Crippen molar-refractivity contribution in [3.05, 3.63) is 57.1 Å². The molecule has 4 heteroatoms. The molecule has 116 valence electrons. The molecule has 2 aromatic rings. The van der Waals surface area contributed by atoms with Gasteiger partial charge in [-0.2, -0.15) is 0 Å². The Morgan fingerprint density at radius 2 is 1.86 bits per heavy atom. The third-order valence-electron chi connectivity index (χ3n) is 3.42. The molecule has 0 saturated heterocycles. The van der Waals surface area contributed by atoms with E-state index in [-0.39, 0.29) is 0 Å². The van der Waals surface area contributed by atoms with Crippen molar-refractivity contribution in [2.75, 3.05) is 6.61 Å². The Morgan fingerprint density at radius 1 is 1.09 bits per heavy atom. The molecule has 0 amide bonds. The Bertz CT molecular complexity index is 680. The fourth-order valence-electron chi connectivity index (χ4n) is 2.11. The van der Waals surface area contributed by atoms with E-state index in [0.717, 1.165) is 11.8 Å². The minimum Gasteiger partial charge on any atom is -0.490 e. The molecule has 0 radical (unpaired) electrons. The van der Waals surface area contributed by atoms with Crippen LogP contribution < -0.4 is 9.47 Å². The first-order chi connectivity index (χ1) is 10.5. The molecule has 0 aliphatic carbocycles. The van der Waals surface area contributed by atoms with Gasteiger partial charge in [-0.3, -0.25) is 4.79 Å². The van der Waals surface area contributed by atoms with Crippen molar-refractivity contribution < 1.29 is 14.3 Å². The van der Waals surface area contributed by atoms with Gasteiger partial charge in [0.2, 0.25) is 0 Å². The number of rotatable bonds is 6.